The van der Waals surface area contributed by atoms with Crippen molar-refractivity contribution in [3.8, 4) is 0 Å². The summed E-state index contributed by atoms with van der Waals surface area (Å²) >= 11 is 0. The molecule has 0 unspecified atom stereocenters. The number of hydrogen-bond acceptors (Lipinski definition) is 5. The molecule has 1 aromatic heterocycles. The van der Waals surface area contributed by atoms with Crippen molar-refractivity contribution in [3.05, 3.63) is 41.5 Å². The molecule has 1 rings (SSSR count). The summed E-state index contributed by atoms with van der Waals surface area (Å²) in [7, 11) is 0. The van der Waals surface area contributed by atoms with Crippen LogP contribution < -0.4 is 5.73 Å². The molecular formula is C8H12N4O. The van der Waals surface area contributed by atoms with Crippen LogP contribution in [0.1, 0.15) is 11.4 Å². The molecule has 0 spiro atoms. The van der Waals surface area contributed by atoms with E-state index in [9.17, 15) is 4.91 Å². The fourth-order valence-electron chi connectivity index (χ4n) is 0.662. The quantitative estimate of drug-likeness (QED) is 0.692. The van der Waals surface area contributed by atoms with Gasteiger partial charge in [0.2, 0.25) is 0 Å². The molecule has 0 aliphatic heterocycles. The van der Waals surface area contributed by atoms with Gasteiger partial charge in [-0.2, -0.15) is 4.91 Å². The van der Waals surface area contributed by atoms with Crippen LogP contribution in [0.4, 0.5) is 0 Å². The van der Waals surface area contributed by atoms with E-state index in [1.165, 1.54) is 12.5 Å². The van der Waals surface area contributed by atoms with Crippen molar-refractivity contribution in [2.24, 2.45) is 10.9 Å². The van der Waals surface area contributed by atoms with Gasteiger partial charge in [0.25, 0.3) is 0 Å². The summed E-state index contributed by atoms with van der Waals surface area (Å²) in [5.74, 6) is 0. The highest BCUT2D eigenvalue weighted by atomic mass is 16.3. The van der Waals surface area contributed by atoms with E-state index < -0.39 is 0 Å². The maximum absolute atomic E-state index is 9.78. The molecule has 0 fully saturated rings. The Balaban J connectivity index is 0.000000424. The lowest BCUT2D eigenvalue weighted by Gasteiger charge is -1.92. The Bertz CT molecular complexity index is 275. The maximum atomic E-state index is 9.78. The predicted octanol–water partition coefficient (Wildman–Crippen LogP) is 1.14. The molecule has 0 aliphatic rings. The topological polar surface area (TPSA) is 81.2 Å². The first-order valence-electron chi connectivity index (χ1n) is 3.63. The Morgan fingerprint density at radius 1 is 1.69 bits per heavy atom. The minimum Gasteiger partial charge on any atom is -0.405 e. The fraction of sp³-hybridized carbons (Fsp3) is 0.250. The number of nitroso groups, excluding NO2 is 1. The van der Waals surface area contributed by atoms with E-state index >= 15 is 0 Å². The molecule has 5 nitrogen and oxygen atoms in total. The van der Waals surface area contributed by atoms with Crippen LogP contribution in [0.2, 0.25) is 0 Å². The van der Waals surface area contributed by atoms with Gasteiger partial charge >= 0.3 is 0 Å². The normalized spacial score (nSPS) is 8.08. The largest absolute Gasteiger partial charge is 0.405 e. The summed E-state index contributed by atoms with van der Waals surface area (Å²) in [6.07, 6.45) is 2.68. The van der Waals surface area contributed by atoms with Crippen molar-refractivity contribution >= 4 is 0 Å². The molecule has 0 saturated carbocycles. The van der Waals surface area contributed by atoms with Crippen LogP contribution in [0.15, 0.2) is 30.3 Å². The predicted molar refractivity (Wildman–Crippen MR) is 50.7 cm³/mol. The SMILES string of the molecule is C=CN.Cc1cc(CN=O)ncn1. The standard InChI is InChI=1S/C6H7N3O.C2H5N/c1-5-2-6(3-9-10)8-4-7-5;1-2-3/h2,4H,3H2,1H3;2H,1,3H2. The van der Waals surface area contributed by atoms with Crippen LogP contribution in [-0.4, -0.2) is 9.97 Å². The molecule has 2 N–H and O–H groups in total. The smallest absolute Gasteiger partial charge is 0.123 e. The number of rotatable bonds is 2. The van der Waals surface area contributed by atoms with Gasteiger partial charge in [-0.1, -0.05) is 11.8 Å². The van der Waals surface area contributed by atoms with Crippen molar-refractivity contribution in [1.29, 1.82) is 0 Å². The van der Waals surface area contributed by atoms with Gasteiger partial charge in [0.05, 0.1) is 5.69 Å². The molecule has 0 radical (unpaired) electrons. The van der Waals surface area contributed by atoms with Crippen molar-refractivity contribution in [2.45, 2.75) is 13.5 Å². The van der Waals surface area contributed by atoms with Gasteiger partial charge in [0.1, 0.15) is 12.9 Å². The lowest BCUT2D eigenvalue weighted by atomic mass is 10.3. The Hall–Kier alpha value is -1.78. The van der Waals surface area contributed by atoms with Crippen LogP contribution >= 0.6 is 0 Å². The Kier molecular flexibility index (Phi) is 5.96. The summed E-state index contributed by atoms with van der Waals surface area (Å²) in [6, 6.07) is 1.74. The average molecular weight is 180 g/mol. The van der Waals surface area contributed by atoms with Gasteiger partial charge in [-0.3, -0.25) is 0 Å². The van der Waals surface area contributed by atoms with Gasteiger partial charge in [0, 0.05) is 5.69 Å². The van der Waals surface area contributed by atoms with Crippen molar-refractivity contribution in [2.75, 3.05) is 0 Å². The molecule has 70 valence electrons. The highest BCUT2D eigenvalue weighted by Crippen LogP contribution is 1.96. The van der Waals surface area contributed by atoms with Crippen LogP contribution in [0, 0.1) is 11.8 Å². The van der Waals surface area contributed by atoms with E-state index in [0.717, 1.165) is 5.69 Å². The lowest BCUT2D eigenvalue weighted by molar-refractivity contribution is 0.941. The minimum absolute atomic E-state index is 0.128. The van der Waals surface area contributed by atoms with E-state index in [2.05, 4.69) is 27.5 Å². The van der Waals surface area contributed by atoms with Crippen LogP contribution in [0.5, 0.6) is 0 Å². The molecular weight excluding hydrogens is 168 g/mol. The summed E-state index contributed by atoms with van der Waals surface area (Å²) < 4.78 is 0. The van der Waals surface area contributed by atoms with Crippen LogP contribution in [0.3, 0.4) is 0 Å². The van der Waals surface area contributed by atoms with Crippen molar-refractivity contribution in [3.63, 3.8) is 0 Å². The van der Waals surface area contributed by atoms with E-state index in [4.69, 9.17) is 0 Å². The van der Waals surface area contributed by atoms with Gasteiger partial charge in [-0.25, -0.2) is 9.97 Å². The number of aryl methyl sites for hydroxylation is 1. The minimum atomic E-state index is 0.128. The average Bonchev–Trinajstić information content (AvgIpc) is 2.06. The molecule has 0 amide bonds. The molecule has 0 atom stereocenters. The number of nitrogens with two attached hydrogens (primary N) is 1. The molecule has 1 aromatic rings. The summed E-state index contributed by atoms with van der Waals surface area (Å²) in [4.78, 5) is 17.5. The third-order valence-electron chi connectivity index (χ3n) is 1.09. The van der Waals surface area contributed by atoms with E-state index in [0.29, 0.717) is 5.69 Å². The summed E-state index contributed by atoms with van der Waals surface area (Å²) in [6.45, 7) is 5.11. The lowest BCUT2D eigenvalue weighted by Crippen LogP contribution is -1.89. The second-order valence-electron chi connectivity index (χ2n) is 2.17. The van der Waals surface area contributed by atoms with Crippen molar-refractivity contribution in [1.82, 2.24) is 9.97 Å². The highest BCUT2D eigenvalue weighted by Gasteiger charge is 1.92. The van der Waals surface area contributed by atoms with Gasteiger partial charge in [-0.05, 0) is 19.2 Å². The van der Waals surface area contributed by atoms with Crippen molar-refractivity contribution < 1.29 is 0 Å². The molecule has 5 heteroatoms. The van der Waals surface area contributed by atoms with Crippen LogP contribution in [-0.2, 0) is 6.54 Å². The number of aromatic nitrogens is 2. The number of hydrogen-bond donors (Lipinski definition) is 1. The first-order valence-corrected chi connectivity index (χ1v) is 3.63. The molecule has 13 heavy (non-hydrogen) atoms. The Morgan fingerprint density at radius 2 is 2.31 bits per heavy atom. The third-order valence-corrected chi connectivity index (χ3v) is 1.09. The summed E-state index contributed by atoms with van der Waals surface area (Å²) in [5.41, 5.74) is 6.14. The van der Waals surface area contributed by atoms with Gasteiger partial charge in [-0.15, -0.1) is 0 Å². The zero-order chi connectivity index (χ0) is 10.1. The van der Waals surface area contributed by atoms with E-state index in [1.54, 1.807) is 6.07 Å². The third kappa shape index (κ3) is 5.49. The first-order chi connectivity index (χ1) is 6.24. The second-order valence-corrected chi connectivity index (χ2v) is 2.17. The molecule has 0 saturated heterocycles. The molecule has 0 aliphatic carbocycles. The fourth-order valence-corrected chi connectivity index (χ4v) is 0.662. The zero-order valence-electron chi connectivity index (χ0n) is 7.47. The summed E-state index contributed by atoms with van der Waals surface area (Å²) in [5, 5.41) is 2.71. The highest BCUT2D eigenvalue weighted by molar-refractivity contribution is 5.05. The second kappa shape index (κ2) is 6.90. The molecule has 0 aromatic carbocycles. The van der Waals surface area contributed by atoms with Crippen LogP contribution in [0.25, 0.3) is 0 Å². The Morgan fingerprint density at radius 3 is 2.77 bits per heavy atom. The molecule has 0 bridgehead atoms. The maximum Gasteiger partial charge on any atom is 0.123 e. The number of nitrogens with zero attached hydrogens (tertiary/aromatic N) is 3. The molecule has 1 heterocycles. The zero-order valence-corrected chi connectivity index (χ0v) is 7.47. The van der Waals surface area contributed by atoms with E-state index in [-0.39, 0.29) is 6.54 Å². The Labute approximate surface area is 76.7 Å². The first kappa shape index (κ1) is 11.2. The van der Waals surface area contributed by atoms with Gasteiger partial charge in [0.15, 0.2) is 0 Å². The van der Waals surface area contributed by atoms with E-state index in [1.807, 2.05) is 6.92 Å². The monoisotopic (exact) mass is 180 g/mol. The van der Waals surface area contributed by atoms with Gasteiger partial charge < -0.3 is 5.73 Å².